The SMILES string of the molecule is c1ccc(-c2nc(-c3ccccc3)nc(-n3c4ccccc4c4cc(-c5ccc6c(c5)nc5n(-c7ccccc7)c7c8ccccc8n(-c8ccccc8)c7n65)ccc43)n2)cc1. The smallest absolute Gasteiger partial charge is 0.238 e. The molecule has 0 saturated heterocycles. The van der Waals surface area contributed by atoms with E-state index in [0.717, 1.165) is 88.9 Å². The van der Waals surface area contributed by atoms with Gasteiger partial charge in [0, 0.05) is 38.7 Å². The van der Waals surface area contributed by atoms with E-state index >= 15 is 0 Å². The second-order valence-electron chi connectivity index (χ2n) is 15.6. The first-order valence-electron chi connectivity index (χ1n) is 20.7. The molecule has 0 aliphatic heterocycles. The fraction of sp³-hybridized carbons (Fsp3) is 0. The molecule has 0 fully saturated rings. The Morgan fingerprint density at radius 3 is 1.47 bits per heavy atom. The van der Waals surface area contributed by atoms with Crippen molar-refractivity contribution in [3.8, 4) is 51.2 Å². The zero-order valence-electron chi connectivity index (χ0n) is 33.2. The van der Waals surface area contributed by atoms with E-state index in [0.29, 0.717) is 17.6 Å². The van der Waals surface area contributed by atoms with Crippen molar-refractivity contribution < 1.29 is 0 Å². The maximum absolute atomic E-state index is 5.44. The number of hydrogen-bond donors (Lipinski definition) is 0. The monoisotopic (exact) mass is 794 g/mol. The Bertz CT molecular complexity index is 3790. The molecule has 0 unspecified atom stereocenters. The molecule has 0 aliphatic rings. The molecule has 290 valence electrons. The van der Waals surface area contributed by atoms with E-state index in [9.17, 15) is 0 Å². The van der Waals surface area contributed by atoms with Crippen LogP contribution in [0.5, 0.6) is 0 Å². The quantitative estimate of drug-likeness (QED) is 0.168. The lowest BCUT2D eigenvalue weighted by molar-refractivity contribution is 0.953. The summed E-state index contributed by atoms with van der Waals surface area (Å²) in [5.74, 6) is 2.68. The minimum Gasteiger partial charge on any atom is -0.294 e. The third-order valence-corrected chi connectivity index (χ3v) is 12.0. The number of imidazole rings is 2. The van der Waals surface area contributed by atoms with E-state index in [1.54, 1.807) is 0 Å². The summed E-state index contributed by atoms with van der Waals surface area (Å²) < 4.78 is 9.17. The molecule has 5 aromatic heterocycles. The van der Waals surface area contributed by atoms with Gasteiger partial charge in [0.2, 0.25) is 11.7 Å². The van der Waals surface area contributed by atoms with Crippen LogP contribution in [0, 0.1) is 0 Å². The van der Waals surface area contributed by atoms with Crippen LogP contribution in [0.15, 0.2) is 206 Å². The van der Waals surface area contributed by atoms with E-state index in [1.165, 1.54) is 5.39 Å². The second kappa shape index (κ2) is 13.5. The zero-order valence-corrected chi connectivity index (χ0v) is 33.2. The second-order valence-corrected chi connectivity index (χ2v) is 15.6. The molecule has 0 radical (unpaired) electrons. The van der Waals surface area contributed by atoms with E-state index in [1.807, 2.05) is 60.7 Å². The van der Waals surface area contributed by atoms with E-state index in [2.05, 4.69) is 164 Å². The Hall–Kier alpha value is -8.62. The van der Waals surface area contributed by atoms with Crippen molar-refractivity contribution >= 4 is 60.7 Å². The first-order chi connectivity index (χ1) is 30.8. The Labute approximate surface area is 354 Å². The predicted molar refractivity (Wildman–Crippen MR) is 250 cm³/mol. The van der Waals surface area contributed by atoms with Gasteiger partial charge in [-0.15, -0.1) is 0 Å². The van der Waals surface area contributed by atoms with Gasteiger partial charge >= 0.3 is 0 Å². The van der Waals surface area contributed by atoms with Crippen LogP contribution in [0.3, 0.4) is 0 Å². The molecule has 8 nitrogen and oxygen atoms in total. The van der Waals surface area contributed by atoms with Crippen LogP contribution in [-0.4, -0.2) is 38.0 Å². The standard InChI is InChI=1S/C54H34N8/c1-5-17-35(18-6-1)50-56-51(36-19-7-2-8-20-36)58-53(57-50)61-45-27-15-13-25-41(45)43-33-37(29-31-47(43)61)38-30-32-48-44(34-38)55-54-60(40-23-11-4-12-24-40)49-42-26-14-16-28-46(42)59(52(49)62(48)54)39-21-9-3-10-22-39/h1-34H. The van der Waals surface area contributed by atoms with Crippen LogP contribution < -0.4 is 0 Å². The summed E-state index contributed by atoms with van der Waals surface area (Å²) in [4.78, 5) is 20.6. The molecular weight excluding hydrogens is 761 g/mol. The summed E-state index contributed by atoms with van der Waals surface area (Å²) in [5, 5.41) is 3.40. The summed E-state index contributed by atoms with van der Waals surface area (Å²) in [6.45, 7) is 0. The number of para-hydroxylation sites is 4. The number of rotatable bonds is 6. The van der Waals surface area contributed by atoms with Gasteiger partial charge in [0.15, 0.2) is 17.3 Å². The number of aromatic nitrogens is 8. The highest BCUT2D eigenvalue weighted by Gasteiger charge is 2.25. The fourth-order valence-electron chi connectivity index (χ4n) is 9.27. The van der Waals surface area contributed by atoms with Crippen LogP contribution in [-0.2, 0) is 0 Å². The van der Waals surface area contributed by atoms with Crippen LogP contribution in [0.25, 0.3) is 112 Å². The molecule has 0 bridgehead atoms. The average Bonchev–Trinajstić information content (AvgIpc) is 4.07. The van der Waals surface area contributed by atoms with Crippen LogP contribution in [0.4, 0.5) is 0 Å². The first-order valence-corrected chi connectivity index (χ1v) is 20.7. The van der Waals surface area contributed by atoms with Crippen LogP contribution in [0.2, 0.25) is 0 Å². The molecule has 13 aromatic rings. The molecule has 0 spiro atoms. The van der Waals surface area contributed by atoms with Gasteiger partial charge in [0.25, 0.3) is 0 Å². The number of nitrogens with zero attached hydrogens (tertiary/aromatic N) is 8. The molecule has 0 amide bonds. The summed E-state index contributed by atoms with van der Waals surface area (Å²) in [5.41, 5.74) is 13.5. The minimum atomic E-state index is 0.570. The van der Waals surface area contributed by atoms with E-state index in [-0.39, 0.29) is 0 Å². The van der Waals surface area contributed by atoms with Gasteiger partial charge in [-0.3, -0.25) is 18.1 Å². The van der Waals surface area contributed by atoms with Gasteiger partial charge in [-0.2, -0.15) is 9.97 Å². The highest BCUT2D eigenvalue weighted by molar-refractivity contribution is 6.12. The van der Waals surface area contributed by atoms with Crippen LogP contribution in [0.1, 0.15) is 0 Å². The molecule has 8 aromatic carbocycles. The molecule has 0 aliphatic carbocycles. The first kappa shape index (κ1) is 34.3. The topological polar surface area (TPSA) is 70.8 Å². The Morgan fingerprint density at radius 1 is 0.323 bits per heavy atom. The van der Waals surface area contributed by atoms with Crippen LogP contribution >= 0.6 is 0 Å². The highest BCUT2D eigenvalue weighted by atomic mass is 15.3. The molecule has 0 N–H and O–H groups in total. The van der Waals surface area contributed by atoms with Crippen molar-refractivity contribution in [2.75, 3.05) is 0 Å². The van der Waals surface area contributed by atoms with Gasteiger partial charge in [0.05, 0.1) is 27.6 Å². The van der Waals surface area contributed by atoms with Crippen molar-refractivity contribution in [3.63, 3.8) is 0 Å². The Morgan fingerprint density at radius 2 is 0.823 bits per heavy atom. The lowest BCUT2D eigenvalue weighted by Gasteiger charge is -2.11. The van der Waals surface area contributed by atoms with E-state index < -0.39 is 0 Å². The summed E-state index contributed by atoms with van der Waals surface area (Å²) in [6, 6.07) is 71.9. The molecule has 0 atom stereocenters. The van der Waals surface area contributed by atoms with Crippen molar-refractivity contribution in [1.82, 2.24) is 38.0 Å². The van der Waals surface area contributed by atoms with Crippen molar-refractivity contribution in [3.05, 3.63) is 206 Å². The summed E-state index contributed by atoms with van der Waals surface area (Å²) >= 11 is 0. The highest BCUT2D eigenvalue weighted by Crippen LogP contribution is 2.40. The lowest BCUT2D eigenvalue weighted by atomic mass is 10.0. The number of fused-ring (bicyclic) bond motifs is 10. The maximum atomic E-state index is 5.44. The third kappa shape index (κ3) is 5.13. The van der Waals surface area contributed by atoms with Gasteiger partial charge in [-0.1, -0.05) is 146 Å². The molecular formula is C54H34N8. The maximum Gasteiger partial charge on any atom is 0.238 e. The Kier molecular flexibility index (Phi) is 7.43. The molecule has 62 heavy (non-hydrogen) atoms. The number of hydrogen-bond acceptors (Lipinski definition) is 4. The largest absolute Gasteiger partial charge is 0.294 e. The van der Waals surface area contributed by atoms with Crippen molar-refractivity contribution in [1.29, 1.82) is 0 Å². The molecule has 8 heteroatoms. The van der Waals surface area contributed by atoms with Gasteiger partial charge < -0.3 is 0 Å². The lowest BCUT2D eigenvalue weighted by Crippen LogP contribution is -2.06. The average molecular weight is 795 g/mol. The summed E-state index contributed by atoms with van der Waals surface area (Å²) in [6.07, 6.45) is 0. The Balaban J connectivity index is 1.02. The molecule has 5 heterocycles. The molecule has 0 saturated carbocycles. The third-order valence-electron chi connectivity index (χ3n) is 12.0. The summed E-state index contributed by atoms with van der Waals surface area (Å²) in [7, 11) is 0. The molecule has 13 rings (SSSR count). The fourth-order valence-corrected chi connectivity index (χ4v) is 9.27. The van der Waals surface area contributed by atoms with Gasteiger partial charge in [0.1, 0.15) is 5.52 Å². The van der Waals surface area contributed by atoms with Gasteiger partial charge in [-0.05, 0) is 71.8 Å². The van der Waals surface area contributed by atoms with Gasteiger partial charge in [-0.25, -0.2) is 9.97 Å². The van der Waals surface area contributed by atoms with Crippen molar-refractivity contribution in [2.45, 2.75) is 0 Å². The normalized spacial score (nSPS) is 11.9. The predicted octanol–water partition coefficient (Wildman–Crippen LogP) is 12.7. The van der Waals surface area contributed by atoms with Crippen molar-refractivity contribution in [2.24, 2.45) is 0 Å². The zero-order chi connectivity index (χ0) is 40.7. The minimum absolute atomic E-state index is 0.570. The van der Waals surface area contributed by atoms with E-state index in [4.69, 9.17) is 19.9 Å². The number of benzene rings is 8.